The van der Waals surface area contributed by atoms with Gasteiger partial charge in [0.2, 0.25) is 5.82 Å². The van der Waals surface area contributed by atoms with E-state index in [1.807, 2.05) is 0 Å². The van der Waals surface area contributed by atoms with E-state index in [0.717, 1.165) is 38.2 Å². The third kappa shape index (κ3) is 5.88. The van der Waals surface area contributed by atoms with Crippen molar-refractivity contribution in [2.24, 2.45) is 5.92 Å². The number of rotatable bonds is 5. The Hall–Kier alpha value is -0.950. The molecule has 0 radical (unpaired) electrons. The van der Waals surface area contributed by atoms with Gasteiger partial charge >= 0.3 is 5.69 Å². The summed E-state index contributed by atoms with van der Waals surface area (Å²) in [5.41, 5.74) is 0.398. The number of hydrogen-bond donors (Lipinski definition) is 1. The maximum atomic E-state index is 13.5. The molecule has 0 bridgehead atoms. The minimum atomic E-state index is -0.771. The number of nitrogens with one attached hydrogen (secondary N) is 1. The standard InChI is InChI=1S/C15H22FN3O2.2ClH/c1-11(2)9-14(18-7-5-17-6-8-18)12-3-4-13(16)15(10-12)19(20)21;;/h3-4,10-11,14,17H,5-9H2,1-2H3;2*1H/t14-;;/m1../s1. The van der Waals surface area contributed by atoms with Gasteiger partial charge in [0.1, 0.15) is 0 Å². The summed E-state index contributed by atoms with van der Waals surface area (Å²) in [5, 5.41) is 14.2. The predicted octanol–water partition coefficient (Wildman–Crippen LogP) is 3.57. The van der Waals surface area contributed by atoms with Crippen molar-refractivity contribution in [1.82, 2.24) is 10.2 Å². The van der Waals surface area contributed by atoms with Crippen molar-refractivity contribution in [2.75, 3.05) is 26.2 Å². The summed E-state index contributed by atoms with van der Waals surface area (Å²) in [7, 11) is 0. The number of nitro groups is 1. The van der Waals surface area contributed by atoms with Gasteiger partial charge in [-0.05, 0) is 24.0 Å². The first kappa shape index (κ1) is 22.1. The van der Waals surface area contributed by atoms with Crippen LogP contribution >= 0.6 is 24.8 Å². The molecular weight excluding hydrogens is 344 g/mol. The molecule has 5 nitrogen and oxygen atoms in total. The van der Waals surface area contributed by atoms with E-state index in [9.17, 15) is 14.5 Å². The SMILES string of the molecule is CC(C)C[C@H](c1ccc(F)c([N+](=O)[O-])c1)N1CCNCC1.Cl.Cl. The van der Waals surface area contributed by atoms with Gasteiger partial charge < -0.3 is 5.32 Å². The molecule has 1 aliphatic rings. The van der Waals surface area contributed by atoms with Crippen molar-refractivity contribution < 1.29 is 9.31 Å². The fourth-order valence-corrected chi connectivity index (χ4v) is 2.81. The van der Waals surface area contributed by atoms with Gasteiger partial charge in [-0.1, -0.05) is 19.9 Å². The number of halogens is 3. The molecule has 132 valence electrons. The second kappa shape index (κ2) is 10.0. The van der Waals surface area contributed by atoms with Gasteiger partial charge in [0.15, 0.2) is 0 Å². The van der Waals surface area contributed by atoms with Crippen molar-refractivity contribution in [3.05, 3.63) is 39.7 Å². The molecule has 0 amide bonds. The summed E-state index contributed by atoms with van der Waals surface area (Å²) in [5.74, 6) is -0.304. The molecule has 1 aromatic rings. The zero-order chi connectivity index (χ0) is 15.4. The molecule has 1 aromatic carbocycles. The molecule has 1 N–H and O–H groups in total. The third-order valence-electron chi connectivity index (χ3n) is 3.84. The lowest BCUT2D eigenvalue weighted by Crippen LogP contribution is -2.45. The number of nitro benzene ring substituents is 1. The smallest absolute Gasteiger partial charge is 0.305 e. The highest BCUT2D eigenvalue weighted by Gasteiger charge is 2.25. The van der Waals surface area contributed by atoms with Crippen LogP contribution in [-0.4, -0.2) is 36.0 Å². The van der Waals surface area contributed by atoms with Gasteiger partial charge in [-0.15, -0.1) is 24.8 Å². The number of nitrogens with zero attached hydrogens (tertiary/aromatic N) is 2. The first-order chi connectivity index (χ1) is 9.99. The van der Waals surface area contributed by atoms with Gasteiger partial charge in [0.25, 0.3) is 0 Å². The largest absolute Gasteiger partial charge is 0.314 e. The topological polar surface area (TPSA) is 58.4 Å². The molecule has 1 atom stereocenters. The Kier molecular flexibility index (Phi) is 9.61. The maximum absolute atomic E-state index is 13.5. The van der Waals surface area contributed by atoms with Gasteiger partial charge in [-0.2, -0.15) is 4.39 Å². The highest BCUT2D eigenvalue weighted by atomic mass is 35.5. The van der Waals surface area contributed by atoms with E-state index in [0.29, 0.717) is 5.92 Å². The molecule has 1 saturated heterocycles. The third-order valence-corrected chi connectivity index (χ3v) is 3.84. The molecule has 0 spiro atoms. The van der Waals surface area contributed by atoms with E-state index in [2.05, 4.69) is 24.1 Å². The maximum Gasteiger partial charge on any atom is 0.305 e. The first-order valence-corrected chi connectivity index (χ1v) is 7.37. The van der Waals surface area contributed by atoms with Crippen molar-refractivity contribution in [3.8, 4) is 0 Å². The number of piperazine rings is 1. The Bertz CT molecular complexity index is 511. The minimum Gasteiger partial charge on any atom is -0.314 e. The first-order valence-electron chi connectivity index (χ1n) is 7.37. The average Bonchev–Trinajstić information content (AvgIpc) is 2.46. The van der Waals surface area contributed by atoms with Crippen LogP contribution in [0.2, 0.25) is 0 Å². The summed E-state index contributed by atoms with van der Waals surface area (Å²) in [4.78, 5) is 12.6. The molecule has 8 heteroatoms. The van der Waals surface area contributed by atoms with Gasteiger partial charge in [0, 0.05) is 38.3 Å². The molecule has 1 aliphatic heterocycles. The van der Waals surface area contributed by atoms with Crippen molar-refractivity contribution in [3.63, 3.8) is 0 Å². The van der Waals surface area contributed by atoms with Crippen LogP contribution in [-0.2, 0) is 0 Å². The summed E-state index contributed by atoms with van der Waals surface area (Å²) < 4.78 is 13.5. The van der Waals surface area contributed by atoms with Crippen molar-refractivity contribution >= 4 is 30.5 Å². The fourth-order valence-electron chi connectivity index (χ4n) is 2.81. The zero-order valence-electron chi connectivity index (χ0n) is 13.3. The Morgan fingerprint density at radius 1 is 1.30 bits per heavy atom. The quantitative estimate of drug-likeness (QED) is 0.638. The van der Waals surface area contributed by atoms with Gasteiger partial charge in [-0.25, -0.2) is 0 Å². The van der Waals surface area contributed by atoms with E-state index >= 15 is 0 Å². The number of benzene rings is 1. The molecule has 0 unspecified atom stereocenters. The fraction of sp³-hybridized carbons (Fsp3) is 0.600. The van der Waals surface area contributed by atoms with Crippen LogP contribution in [0.5, 0.6) is 0 Å². The van der Waals surface area contributed by atoms with Crippen LogP contribution in [0.4, 0.5) is 10.1 Å². The van der Waals surface area contributed by atoms with Crippen LogP contribution in [0, 0.1) is 21.8 Å². The normalized spacial score (nSPS) is 16.3. The van der Waals surface area contributed by atoms with Crippen molar-refractivity contribution in [1.29, 1.82) is 0 Å². The van der Waals surface area contributed by atoms with Gasteiger partial charge in [0.05, 0.1) is 4.92 Å². The Morgan fingerprint density at radius 3 is 2.43 bits per heavy atom. The van der Waals surface area contributed by atoms with Crippen LogP contribution in [0.25, 0.3) is 0 Å². The summed E-state index contributed by atoms with van der Waals surface area (Å²) >= 11 is 0. The van der Waals surface area contributed by atoms with Crippen LogP contribution < -0.4 is 5.32 Å². The van der Waals surface area contributed by atoms with E-state index in [-0.39, 0.29) is 30.9 Å². The molecule has 2 rings (SSSR count). The minimum absolute atomic E-state index is 0. The Morgan fingerprint density at radius 2 is 1.91 bits per heavy atom. The molecule has 23 heavy (non-hydrogen) atoms. The lowest BCUT2D eigenvalue weighted by atomic mass is 9.94. The summed E-state index contributed by atoms with van der Waals surface area (Å²) in [6, 6.07) is 4.39. The Labute approximate surface area is 148 Å². The highest BCUT2D eigenvalue weighted by Crippen LogP contribution is 2.31. The molecule has 0 aromatic heterocycles. The molecule has 0 saturated carbocycles. The lowest BCUT2D eigenvalue weighted by Gasteiger charge is -2.36. The van der Waals surface area contributed by atoms with Crippen LogP contribution in [0.15, 0.2) is 18.2 Å². The molecular formula is C15H24Cl2FN3O2. The zero-order valence-corrected chi connectivity index (χ0v) is 15.0. The van der Waals surface area contributed by atoms with E-state index < -0.39 is 16.4 Å². The van der Waals surface area contributed by atoms with Gasteiger partial charge in [-0.3, -0.25) is 15.0 Å². The molecule has 1 fully saturated rings. The second-order valence-corrected chi connectivity index (χ2v) is 5.90. The van der Waals surface area contributed by atoms with E-state index in [4.69, 9.17) is 0 Å². The second-order valence-electron chi connectivity index (χ2n) is 5.90. The highest BCUT2D eigenvalue weighted by molar-refractivity contribution is 5.85. The van der Waals surface area contributed by atoms with Crippen molar-refractivity contribution in [2.45, 2.75) is 26.3 Å². The van der Waals surface area contributed by atoms with Crippen LogP contribution in [0.1, 0.15) is 31.9 Å². The Balaban J connectivity index is 0.00000242. The van der Waals surface area contributed by atoms with E-state index in [1.165, 1.54) is 12.1 Å². The molecule has 1 heterocycles. The van der Waals surface area contributed by atoms with Crippen LogP contribution in [0.3, 0.4) is 0 Å². The average molecular weight is 368 g/mol. The molecule has 0 aliphatic carbocycles. The monoisotopic (exact) mass is 367 g/mol. The number of hydrogen-bond acceptors (Lipinski definition) is 4. The summed E-state index contributed by atoms with van der Waals surface area (Å²) in [6.07, 6.45) is 0.906. The summed E-state index contributed by atoms with van der Waals surface area (Å²) in [6.45, 7) is 7.90. The predicted molar refractivity (Wildman–Crippen MR) is 94.2 cm³/mol. The van der Waals surface area contributed by atoms with E-state index in [1.54, 1.807) is 6.07 Å². The lowest BCUT2D eigenvalue weighted by molar-refractivity contribution is -0.387.